The first-order valence-corrected chi connectivity index (χ1v) is 5.49. The van der Waals surface area contributed by atoms with Crippen LogP contribution in [0.15, 0.2) is 44.0 Å². The molecule has 0 amide bonds. The lowest BCUT2D eigenvalue weighted by molar-refractivity contribution is 0.374. The summed E-state index contributed by atoms with van der Waals surface area (Å²) >= 11 is 0. The summed E-state index contributed by atoms with van der Waals surface area (Å²) in [7, 11) is 0. The van der Waals surface area contributed by atoms with Crippen LogP contribution < -0.4 is 5.82 Å². The molecule has 0 saturated carbocycles. The molecule has 3 heteroatoms. The molecular formula is C13H14O3. The van der Waals surface area contributed by atoms with Crippen molar-refractivity contribution >= 4 is 0 Å². The van der Waals surface area contributed by atoms with E-state index < -0.39 is 5.82 Å². The molecule has 0 bridgehead atoms. The van der Waals surface area contributed by atoms with Gasteiger partial charge in [0.15, 0.2) is 11.5 Å². The van der Waals surface area contributed by atoms with Crippen molar-refractivity contribution in [1.29, 1.82) is 0 Å². The van der Waals surface area contributed by atoms with Gasteiger partial charge in [0.05, 0.1) is 0 Å². The predicted octanol–water partition coefficient (Wildman–Crippen LogP) is 3.24. The lowest BCUT2D eigenvalue weighted by atomic mass is 10.1. The molecule has 0 aliphatic carbocycles. The average molecular weight is 218 g/mol. The number of rotatable bonds is 4. The second-order valence-corrected chi connectivity index (χ2v) is 3.68. The summed E-state index contributed by atoms with van der Waals surface area (Å²) in [5.41, 5.74) is 0.888. The third-order valence-corrected chi connectivity index (χ3v) is 2.44. The second-order valence-electron chi connectivity index (χ2n) is 3.68. The Morgan fingerprint density at radius 3 is 2.56 bits per heavy atom. The van der Waals surface area contributed by atoms with Crippen molar-refractivity contribution in [2.75, 3.05) is 0 Å². The molecule has 84 valence electrons. The van der Waals surface area contributed by atoms with Crippen LogP contribution in [-0.2, 0) is 6.42 Å². The summed E-state index contributed by atoms with van der Waals surface area (Å²) in [5.74, 6) is 0.599. The first-order chi connectivity index (χ1) is 7.81. The van der Waals surface area contributed by atoms with E-state index in [1.165, 1.54) is 0 Å². The van der Waals surface area contributed by atoms with Gasteiger partial charge in [0.2, 0.25) is 0 Å². The molecule has 0 saturated heterocycles. The van der Waals surface area contributed by atoms with Crippen LogP contribution in [0, 0.1) is 0 Å². The molecule has 0 radical (unpaired) electrons. The molecule has 0 unspecified atom stereocenters. The number of aryl methyl sites for hydroxylation is 1. The second kappa shape index (κ2) is 4.84. The van der Waals surface area contributed by atoms with Crippen LogP contribution in [0.5, 0.6) is 0 Å². The van der Waals surface area contributed by atoms with Gasteiger partial charge in [0, 0.05) is 12.0 Å². The van der Waals surface area contributed by atoms with Gasteiger partial charge in [-0.1, -0.05) is 43.7 Å². The molecular weight excluding hydrogens is 204 g/mol. The van der Waals surface area contributed by atoms with E-state index in [9.17, 15) is 4.79 Å². The molecule has 3 nitrogen and oxygen atoms in total. The number of benzene rings is 1. The molecule has 1 aromatic heterocycles. The smallest absolute Gasteiger partial charge is 0.395 e. The molecule has 0 aliphatic rings. The summed E-state index contributed by atoms with van der Waals surface area (Å²) in [6, 6.07) is 9.55. The quantitative estimate of drug-likeness (QED) is 0.791. The Morgan fingerprint density at radius 2 is 1.88 bits per heavy atom. The Kier molecular flexibility index (Phi) is 3.25. The van der Waals surface area contributed by atoms with E-state index in [2.05, 4.69) is 6.92 Å². The van der Waals surface area contributed by atoms with E-state index in [1.807, 2.05) is 30.3 Å². The lowest BCUT2D eigenvalue weighted by Gasteiger charge is -1.98. The highest BCUT2D eigenvalue weighted by Crippen LogP contribution is 2.23. The van der Waals surface area contributed by atoms with Gasteiger partial charge in [0.25, 0.3) is 0 Å². The Labute approximate surface area is 93.7 Å². The first kappa shape index (κ1) is 10.7. The predicted molar refractivity (Wildman–Crippen MR) is 61.3 cm³/mol. The zero-order valence-corrected chi connectivity index (χ0v) is 9.23. The fraction of sp³-hybridized carbons (Fsp3) is 0.308. The van der Waals surface area contributed by atoms with Crippen LogP contribution in [0.25, 0.3) is 11.3 Å². The largest absolute Gasteiger partial charge is 0.519 e. The van der Waals surface area contributed by atoms with Gasteiger partial charge in [-0.3, -0.25) is 0 Å². The third kappa shape index (κ3) is 2.24. The summed E-state index contributed by atoms with van der Waals surface area (Å²) in [4.78, 5) is 11.1. The van der Waals surface area contributed by atoms with Gasteiger partial charge in [-0.2, -0.15) is 0 Å². The van der Waals surface area contributed by atoms with Crippen molar-refractivity contribution in [2.24, 2.45) is 0 Å². The monoisotopic (exact) mass is 218 g/mol. The maximum Gasteiger partial charge on any atom is 0.519 e. The number of hydrogen-bond acceptors (Lipinski definition) is 3. The minimum atomic E-state index is -0.620. The van der Waals surface area contributed by atoms with Crippen LogP contribution in [0.1, 0.15) is 25.5 Å². The van der Waals surface area contributed by atoms with Crippen LogP contribution >= 0.6 is 0 Å². The highest BCUT2D eigenvalue weighted by Gasteiger charge is 2.13. The molecule has 0 N–H and O–H groups in total. The molecule has 1 heterocycles. The topological polar surface area (TPSA) is 43.4 Å². The van der Waals surface area contributed by atoms with Crippen molar-refractivity contribution in [3.8, 4) is 11.3 Å². The van der Waals surface area contributed by atoms with Gasteiger partial charge < -0.3 is 8.83 Å². The highest BCUT2D eigenvalue weighted by atomic mass is 16.6. The van der Waals surface area contributed by atoms with Gasteiger partial charge in [-0.05, 0) is 6.42 Å². The van der Waals surface area contributed by atoms with Crippen molar-refractivity contribution in [3.63, 3.8) is 0 Å². The molecule has 16 heavy (non-hydrogen) atoms. The summed E-state index contributed by atoms with van der Waals surface area (Å²) < 4.78 is 10.1. The van der Waals surface area contributed by atoms with Gasteiger partial charge >= 0.3 is 5.82 Å². The first-order valence-electron chi connectivity index (χ1n) is 5.49. The van der Waals surface area contributed by atoms with E-state index in [-0.39, 0.29) is 0 Å². The fourth-order valence-electron chi connectivity index (χ4n) is 1.62. The van der Waals surface area contributed by atoms with Crippen molar-refractivity contribution in [2.45, 2.75) is 26.2 Å². The van der Waals surface area contributed by atoms with Crippen LogP contribution in [0.2, 0.25) is 0 Å². The van der Waals surface area contributed by atoms with Crippen LogP contribution in [0.3, 0.4) is 0 Å². The molecule has 0 aliphatic heterocycles. The standard InChI is InChI=1S/C13H14O3/c1-2-3-9-11-12(16-13(14)15-11)10-7-5-4-6-8-10/h4-8H,2-3,9H2,1H3. The summed E-state index contributed by atoms with van der Waals surface area (Å²) in [6.45, 7) is 2.10. The van der Waals surface area contributed by atoms with E-state index >= 15 is 0 Å². The zero-order chi connectivity index (χ0) is 11.4. The zero-order valence-electron chi connectivity index (χ0n) is 9.23. The molecule has 1 aromatic carbocycles. The van der Waals surface area contributed by atoms with Crippen molar-refractivity contribution in [1.82, 2.24) is 0 Å². The Bertz CT molecular complexity index is 493. The SMILES string of the molecule is CCCCc1oc(=O)oc1-c1ccccc1. The highest BCUT2D eigenvalue weighted by molar-refractivity contribution is 5.58. The van der Waals surface area contributed by atoms with Gasteiger partial charge in [0.1, 0.15) is 0 Å². The van der Waals surface area contributed by atoms with E-state index in [1.54, 1.807) is 0 Å². The molecule has 2 rings (SSSR count). The Balaban J connectivity index is 2.36. The molecule has 2 aromatic rings. The molecule has 0 atom stereocenters. The maximum absolute atomic E-state index is 11.1. The minimum absolute atomic E-state index is 0.569. The Morgan fingerprint density at radius 1 is 1.12 bits per heavy atom. The van der Waals surface area contributed by atoms with Crippen LogP contribution in [0.4, 0.5) is 0 Å². The van der Waals surface area contributed by atoms with E-state index in [4.69, 9.17) is 8.83 Å². The van der Waals surface area contributed by atoms with E-state index in [0.29, 0.717) is 11.5 Å². The fourth-order valence-corrected chi connectivity index (χ4v) is 1.62. The minimum Gasteiger partial charge on any atom is -0.395 e. The number of unbranched alkanes of at least 4 members (excludes halogenated alkanes) is 1. The Hall–Kier alpha value is -1.77. The molecule has 0 spiro atoms. The molecule has 0 fully saturated rings. The third-order valence-electron chi connectivity index (χ3n) is 2.44. The van der Waals surface area contributed by atoms with E-state index in [0.717, 1.165) is 24.8 Å². The average Bonchev–Trinajstić information content (AvgIpc) is 2.69. The maximum atomic E-state index is 11.1. The number of hydrogen-bond donors (Lipinski definition) is 0. The van der Waals surface area contributed by atoms with Gasteiger partial charge in [-0.15, -0.1) is 0 Å². The summed E-state index contributed by atoms with van der Waals surface area (Å²) in [6.07, 6.45) is 2.79. The van der Waals surface area contributed by atoms with Crippen molar-refractivity contribution < 1.29 is 8.83 Å². The summed E-state index contributed by atoms with van der Waals surface area (Å²) in [5, 5.41) is 0. The normalized spacial score (nSPS) is 10.6. The van der Waals surface area contributed by atoms with Crippen LogP contribution in [-0.4, -0.2) is 0 Å². The van der Waals surface area contributed by atoms with Crippen molar-refractivity contribution in [3.05, 3.63) is 46.7 Å². The van der Waals surface area contributed by atoms with Gasteiger partial charge in [-0.25, -0.2) is 4.79 Å². The lowest BCUT2D eigenvalue weighted by Crippen LogP contribution is -1.87.